The summed E-state index contributed by atoms with van der Waals surface area (Å²) in [6.07, 6.45) is 6.96. The number of imidazole rings is 1. The Morgan fingerprint density at radius 1 is 1.29 bits per heavy atom. The minimum absolute atomic E-state index is 0.163. The van der Waals surface area contributed by atoms with Crippen LogP contribution in [0.2, 0.25) is 0 Å². The molecule has 0 bridgehead atoms. The molecule has 0 saturated heterocycles. The maximum absolute atomic E-state index is 9.79. The van der Waals surface area contributed by atoms with E-state index in [1.54, 1.807) is 36.8 Å². The molecule has 0 fully saturated rings. The molecule has 0 amide bonds. The molecule has 2 heterocycles. The molecular formula is C12H10N4O. The van der Waals surface area contributed by atoms with Crippen LogP contribution in [0.4, 0.5) is 5.69 Å². The molecule has 3 rings (SSSR count). The van der Waals surface area contributed by atoms with E-state index in [1.807, 2.05) is 10.6 Å². The molecule has 0 radical (unpaired) electrons. The summed E-state index contributed by atoms with van der Waals surface area (Å²) in [4.78, 5) is 8.36. The summed E-state index contributed by atoms with van der Waals surface area (Å²) >= 11 is 0. The summed E-state index contributed by atoms with van der Waals surface area (Å²) in [5.74, 6) is 0.163. The Bertz CT molecular complexity index is 657. The van der Waals surface area contributed by atoms with E-state index >= 15 is 0 Å². The second kappa shape index (κ2) is 3.48. The molecule has 0 unspecified atom stereocenters. The van der Waals surface area contributed by atoms with E-state index in [0.29, 0.717) is 16.9 Å². The lowest BCUT2D eigenvalue weighted by Crippen LogP contribution is -1.86. The van der Waals surface area contributed by atoms with Crippen LogP contribution >= 0.6 is 0 Å². The summed E-state index contributed by atoms with van der Waals surface area (Å²) in [6, 6.07) is 4.91. The van der Waals surface area contributed by atoms with E-state index in [4.69, 9.17) is 5.73 Å². The number of nitrogens with two attached hydrogens (primary N) is 1. The number of rotatable bonds is 1. The molecule has 0 spiro atoms. The van der Waals surface area contributed by atoms with E-state index < -0.39 is 0 Å². The van der Waals surface area contributed by atoms with Crippen LogP contribution in [0.25, 0.3) is 16.9 Å². The number of hydrogen-bond donors (Lipinski definition) is 2. The number of phenols is 1. The molecule has 0 aliphatic heterocycles. The SMILES string of the molecule is Nc1ccc(O)c(-c2cn3ccncc3n2)c1. The highest BCUT2D eigenvalue weighted by Gasteiger charge is 2.09. The second-order valence-corrected chi connectivity index (χ2v) is 3.74. The van der Waals surface area contributed by atoms with Crippen molar-refractivity contribution in [3.8, 4) is 17.0 Å². The number of aromatic hydroxyl groups is 1. The third-order valence-corrected chi connectivity index (χ3v) is 2.56. The van der Waals surface area contributed by atoms with Gasteiger partial charge in [-0.25, -0.2) is 4.98 Å². The number of fused-ring (bicyclic) bond motifs is 1. The molecular weight excluding hydrogens is 216 g/mol. The smallest absolute Gasteiger partial charge is 0.155 e. The normalized spacial score (nSPS) is 10.8. The first-order valence-corrected chi connectivity index (χ1v) is 5.11. The quantitative estimate of drug-likeness (QED) is 0.489. The summed E-state index contributed by atoms with van der Waals surface area (Å²) in [7, 11) is 0. The number of aromatic nitrogens is 3. The van der Waals surface area contributed by atoms with Crippen LogP contribution in [0.15, 0.2) is 43.0 Å². The van der Waals surface area contributed by atoms with Crippen LogP contribution in [0.1, 0.15) is 0 Å². The zero-order chi connectivity index (χ0) is 11.8. The Morgan fingerprint density at radius 3 is 3.00 bits per heavy atom. The fourth-order valence-electron chi connectivity index (χ4n) is 1.73. The van der Waals surface area contributed by atoms with Crippen molar-refractivity contribution in [1.82, 2.24) is 14.4 Å². The van der Waals surface area contributed by atoms with Gasteiger partial charge in [0.2, 0.25) is 0 Å². The molecule has 5 heteroatoms. The van der Waals surface area contributed by atoms with Gasteiger partial charge in [0.1, 0.15) is 5.75 Å². The largest absolute Gasteiger partial charge is 0.507 e. The highest BCUT2D eigenvalue weighted by molar-refractivity contribution is 5.72. The van der Waals surface area contributed by atoms with Gasteiger partial charge in [-0.2, -0.15) is 0 Å². The number of phenolic OH excluding ortho intramolecular Hbond substituents is 1. The van der Waals surface area contributed by atoms with Crippen LogP contribution in [-0.4, -0.2) is 19.5 Å². The van der Waals surface area contributed by atoms with Crippen molar-refractivity contribution in [2.75, 3.05) is 5.73 Å². The Morgan fingerprint density at radius 2 is 2.18 bits per heavy atom. The molecule has 0 aliphatic rings. The number of nitrogen functional groups attached to an aromatic ring is 1. The highest BCUT2D eigenvalue weighted by atomic mass is 16.3. The lowest BCUT2D eigenvalue weighted by Gasteiger charge is -2.01. The lowest BCUT2D eigenvalue weighted by molar-refractivity contribution is 0.477. The average molecular weight is 226 g/mol. The monoisotopic (exact) mass is 226 g/mol. The zero-order valence-corrected chi connectivity index (χ0v) is 8.91. The van der Waals surface area contributed by atoms with Crippen LogP contribution in [0, 0.1) is 0 Å². The number of benzene rings is 1. The minimum Gasteiger partial charge on any atom is -0.507 e. The van der Waals surface area contributed by atoms with Gasteiger partial charge in [-0.1, -0.05) is 0 Å². The number of nitrogens with zero attached hydrogens (tertiary/aromatic N) is 3. The van der Waals surface area contributed by atoms with Crippen molar-refractivity contribution >= 4 is 11.3 Å². The Hall–Kier alpha value is -2.56. The third kappa shape index (κ3) is 1.57. The number of anilines is 1. The van der Waals surface area contributed by atoms with Crippen molar-refractivity contribution in [2.45, 2.75) is 0 Å². The minimum atomic E-state index is 0.163. The van der Waals surface area contributed by atoms with Gasteiger partial charge in [-0.15, -0.1) is 0 Å². The van der Waals surface area contributed by atoms with E-state index in [-0.39, 0.29) is 5.75 Å². The van der Waals surface area contributed by atoms with Gasteiger partial charge >= 0.3 is 0 Å². The van der Waals surface area contributed by atoms with Gasteiger partial charge in [-0.05, 0) is 18.2 Å². The highest BCUT2D eigenvalue weighted by Crippen LogP contribution is 2.30. The summed E-state index contributed by atoms with van der Waals surface area (Å²) in [6.45, 7) is 0. The molecule has 5 nitrogen and oxygen atoms in total. The van der Waals surface area contributed by atoms with Gasteiger partial charge in [0.25, 0.3) is 0 Å². The fraction of sp³-hybridized carbons (Fsp3) is 0. The second-order valence-electron chi connectivity index (χ2n) is 3.74. The van der Waals surface area contributed by atoms with Crippen molar-refractivity contribution in [3.63, 3.8) is 0 Å². The van der Waals surface area contributed by atoms with E-state index in [1.165, 1.54) is 0 Å². The van der Waals surface area contributed by atoms with E-state index in [2.05, 4.69) is 9.97 Å². The maximum atomic E-state index is 9.79. The standard InChI is InChI=1S/C12H10N4O/c13-8-1-2-11(17)9(5-8)10-7-16-4-3-14-6-12(16)15-10/h1-7,17H,13H2. The van der Waals surface area contributed by atoms with Gasteiger partial charge in [0.05, 0.1) is 11.9 Å². The van der Waals surface area contributed by atoms with Gasteiger partial charge in [0.15, 0.2) is 5.65 Å². The lowest BCUT2D eigenvalue weighted by atomic mass is 10.1. The van der Waals surface area contributed by atoms with Crippen molar-refractivity contribution in [3.05, 3.63) is 43.0 Å². The molecule has 0 saturated carbocycles. The van der Waals surface area contributed by atoms with Crippen LogP contribution in [0.5, 0.6) is 5.75 Å². The Kier molecular flexibility index (Phi) is 1.98. The Labute approximate surface area is 97.2 Å². The van der Waals surface area contributed by atoms with Gasteiger partial charge < -0.3 is 15.2 Å². The first-order valence-electron chi connectivity index (χ1n) is 5.11. The molecule has 3 N–H and O–H groups in total. The molecule has 17 heavy (non-hydrogen) atoms. The molecule has 1 aromatic carbocycles. The third-order valence-electron chi connectivity index (χ3n) is 2.56. The Balaban J connectivity index is 2.23. The number of hydrogen-bond acceptors (Lipinski definition) is 4. The van der Waals surface area contributed by atoms with Crippen molar-refractivity contribution in [2.24, 2.45) is 0 Å². The fourth-order valence-corrected chi connectivity index (χ4v) is 1.73. The van der Waals surface area contributed by atoms with E-state index in [9.17, 15) is 5.11 Å². The molecule has 2 aromatic heterocycles. The topological polar surface area (TPSA) is 76.4 Å². The first kappa shape index (κ1) is 9.65. The predicted octanol–water partition coefficient (Wildman–Crippen LogP) is 1.68. The summed E-state index contributed by atoms with van der Waals surface area (Å²) in [5, 5.41) is 9.79. The molecule has 84 valence electrons. The average Bonchev–Trinajstić information content (AvgIpc) is 2.75. The van der Waals surface area contributed by atoms with E-state index in [0.717, 1.165) is 5.65 Å². The molecule has 3 aromatic rings. The van der Waals surface area contributed by atoms with Crippen molar-refractivity contribution in [1.29, 1.82) is 0 Å². The summed E-state index contributed by atoms with van der Waals surface area (Å²) in [5.41, 5.74) is 8.31. The zero-order valence-electron chi connectivity index (χ0n) is 8.91. The molecule has 0 atom stereocenters. The van der Waals surface area contributed by atoms with Gasteiger partial charge in [0, 0.05) is 29.8 Å². The first-order chi connectivity index (χ1) is 8.24. The van der Waals surface area contributed by atoms with Crippen LogP contribution in [0.3, 0.4) is 0 Å². The van der Waals surface area contributed by atoms with Crippen LogP contribution < -0.4 is 5.73 Å². The maximum Gasteiger partial charge on any atom is 0.155 e. The summed E-state index contributed by atoms with van der Waals surface area (Å²) < 4.78 is 1.84. The predicted molar refractivity (Wildman–Crippen MR) is 64.5 cm³/mol. The van der Waals surface area contributed by atoms with Gasteiger partial charge in [-0.3, -0.25) is 4.98 Å². The molecule has 0 aliphatic carbocycles. The van der Waals surface area contributed by atoms with Crippen molar-refractivity contribution < 1.29 is 5.11 Å². The van der Waals surface area contributed by atoms with Crippen LogP contribution in [-0.2, 0) is 0 Å².